The van der Waals surface area contributed by atoms with Gasteiger partial charge in [-0.1, -0.05) is 29.3 Å². The first-order chi connectivity index (χ1) is 7.68. The molecule has 2 aromatic heterocycles. The fraction of sp³-hybridized carbons (Fsp3) is 0. The molecule has 3 nitrogen and oxygen atoms in total. The van der Waals surface area contributed by atoms with Crippen LogP contribution in [0, 0.1) is 0 Å². The first kappa shape index (κ1) is 11.4. The highest BCUT2D eigenvalue weighted by Gasteiger charge is 2.04. The molecule has 0 amide bonds. The van der Waals surface area contributed by atoms with Crippen LogP contribution in [0.2, 0.25) is 10.0 Å². The summed E-state index contributed by atoms with van der Waals surface area (Å²) >= 11 is 12.9. The van der Waals surface area contributed by atoms with Gasteiger partial charge in [0.15, 0.2) is 0 Å². The van der Waals surface area contributed by atoms with Crippen LogP contribution in [0.5, 0.6) is 0 Å². The van der Waals surface area contributed by atoms with Gasteiger partial charge in [-0.05, 0) is 17.5 Å². The van der Waals surface area contributed by atoms with E-state index in [4.69, 9.17) is 23.2 Å². The van der Waals surface area contributed by atoms with Crippen molar-refractivity contribution in [2.24, 2.45) is 0 Å². The topological polar surface area (TPSA) is 34.9 Å². The molecule has 0 saturated carbocycles. The van der Waals surface area contributed by atoms with Crippen LogP contribution in [0.4, 0.5) is 0 Å². The van der Waals surface area contributed by atoms with E-state index < -0.39 is 5.56 Å². The molecule has 0 unspecified atom stereocenters. The summed E-state index contributed by atoms with van der Waals surface area (Å²) in [7, 11) is 0. The van der Waals surface area contributed by atoms with Gasteiger partial charge in [-0.25, -0.2) is 4.68 Å². The summed E-state index contributed by atoms with van der Waals surface area (Å²) in [5, 5.41) is 5.93. The van der Waals surface area contributed by atoms with Crippen molar-refractivity contribution in [2.75, 3.05) is 0 Å². The molecule has 0 aromatic carbocycles. The highest BCUT2D eigenvalue weighted by atomic mass is 35.5. The number of rotatable bonds is 2. The average Bonchev–Trinajstić information content (AvgIpc) is 2.78. The molecule has 16 heavy (non-hydrogen) atoms. The Kier molecular flexibility index (Phi) is 3.43. The standard InChI is InChI=1S/C10H6Cl2N2OS/c11-8-6-13-14(10(15)9(8)12)4-3-7-2-1-5-16-7/h1-6H/b4-3+. The number of aromatic nitrogens is 2. The van der Waals surface area contributed by atoms with Gasteiger partial charge in [0.25, 0.3) is 5.56 Å². The third-order valence-electron chi connectivity index (χ3n) is 1.82. The molecular weight excluding hydrogens is 267 g/mol. The maximum atomic E-state index is 11.6. The zero-order valence-corrected chi connectivity index (χ0v) is 10.3. The summed E-state index contributed by atoms with van der Waals surface area (Å²) in [6.45, 7) is 0. The predicted octanol–water partition coefficient (Wildman–Crippen LogP) is 3.24. The molecule has 0 aliphatic heterocycles. The monoisotopic (exact) mass is 272 g/mol. The summed E-state index contributed by atoms with van der Waals surface area (Å²) in [4.78, 5) is 12.6. The van der Waals surface area contributed by atoms with E-state index >= 15 is 0 Å². The van der Waals surface area contributed by atoms with Crippen molar-refractivity contribution in [1.29, 1.82) is 0 Å². The van der Waals surface area contributed by atoms with Crippen LogP contribution in [0.15, 0.2) is 28.5 Å². The predicted molar refractivity (Wildman–Crippen MR) is 68.1 cm³/mol. The zero-order chi connectivity index (χ0) is 11.5. The molecule has 2 rings (SSSR count). The lowest BCUT2D eigenvalue weighted by molar-refractivity contribution is 0.855. The minimum Gasteiger partial charge on any atom is -0.266 e. The fourth-order valence-electron chi connectivity index (χ4n) is 1.06. The Bertz CT molecular complexity index is 575. The van der Waals surface area contributed by atoms with E-state index in [1.165, 1.54) is 6.20 Å². The minimum absolute atomic E-state index is 0.0208. The van der Waals surface area contributed by atoms with Crippen LogP contribution < -0.4 is 5.56 Å². The normalized spacial score (nSPS) is 11.1. The van der Waals surface area contributed by atoms with Crippen LogP contribution in [0.25, 0.3) is 12.3 Å². The summed E-state index contributed by atoms with van der Waals surface area (Å²) in [5.74, 6) is 0. The van der Waals surface area contributed by atoms with Gasteiger partial charge in [0.1, 0.15) is 5.02 Å². The second-order valence-electron chi connectivity index (χ2n) is 2.89. The molecule has 0 saturated heterocycles. The molecule has 0 N–H and O–H groups in total. The molecule has 2 aromatic rings. The number of hydrogen-bond donors (Lipinski definition) is 0. The zero-order valence-electron chi connectivity index (χ0n) is 7.93. The maximum absolute atomic E-state index is 11.6. The van der Waals surface area contributed by atoms with E-state index in [0.717, 1.165) is 9.56 Å². The molecule has 0 aliphatic rings. The minimum atomic E-state index is -0.429. The lowest BCUT2D eigenvalue weighted by atomic mass is 10.4. The molecule has 0 atom stereocenters. The molecule has 0 spiro atoms. The molecule has 0 aliphatic carbocycles. The van der Waals surface area contributed by atoms with Gasteiger partial charge in [0.2, 0.25) is 0 Å². The molecular formula is C10H6Cl2N2OS. The molecule has 82 valence electrons. The molecule has 6 heteroatoms. The largest absolute Gasteiger partial charge is 0.291 e. The van der Waals surface area contributed by atoms with E-state index in [0.29, 0.717) is 0 Å². The fourth-order valence-corrected chi connectivity index (χ4v) is 1.93. The number of halogens is 2. The van der Waals surface area contributed by atoms with Crippen molar-refractivity contribution >= 4 is 46.8 Å². The van der Waals surface area contributed by atoms with E-state index in [-0.39, 0.29) is 10.0 Å². The smallest absolute Gasteiger partial charge is 0.266 e. The van der Waals surface area contributed by atoms with Crippen molar-refractivity contribution in [3.05, 3.63) is 49.0 Å². The number of thiophene rings is 1. The van der Waals surface area contributed by atoms with Crippen molar-refractivity contribution in [2.45, 2.75) is 0 Å². The first-order valence-electron chi connectivity index (χ1n) is 4.33. The first-order valence-corrected chi connectivity index (χ1v) is 5.96. The Morgan fingerprint density at radius 2 is 2.25 bits per heavy atom. The van der Waals surface area contributed by atoms with Crippen molar-refractivity contribution in [3.8, 4) is 0 Å². The Labute approximate surface area is 106 Å². The van der Waals surface area contributed by atoms with Crippen molar-refractivity contribution in [1.82, 2.24) is 9.78 Å². The van der Waals surface area contributed by atoms with E-state index in [9.17, 15) is 4.79 Å². The summed E-state index contributed by atoms with van der Waals surface area (Å²) in [6.07, 6.45) is 4.67. The van der Waals surface area contributed by atoms with Crippen LogP contribution >= 0.6 is 34.5 Å². The van der Waals surface area contributed by atoms with Gasteiger partial charge < -0.3 is 0 Å². The summed E-state index contributed by atoms with van der Waals surface area (Å²) in [6, 6.07) is 3.86. The van der Waals surface area contributed by atoms with Gasteiger partial charge in [-0.3, -0.25) is 4.79 Å². The average molecular weight is 273 g/mol. The Morgan fingerprint density at radius 1 is 1.44 bits per heavy atom. The molecule has 2 heterocycles. The Balaban J connectivity index is 2.36. The number of hydrogen-bond acceptors (Lipinski definition) is 3. The summed E-state index contributed by atoms with van der Waals surface area (Å²) in [5.41, 5.74) is -0.429. The van der Waals surface area contributed by atoms with Crippen LogP contribution in [0.3, 0.4) is 0 Å². The van der Waals surface area contributed by atoms with Gasteiger partial charge in [-0.2, -0.15) is 5.10 Å². The van der Waals surface area contributed by atoms with Gasteiger partial charge in [0.05, 0.1) is 11.2 Å². The lowest BCUT2D eigenvalue weighted by Gasteiger charge is -1.98. The van der Waals surface area contributed by atoms with Crippen LogP contribution in [-0.4, -0.2) is 9.78 Å². The van der Waals surface area contributed by atoms with Crippen molar-refractivity contribution < 1.29 is 0 Å². The maximum Gasteiger partial charge on any atom is 0.291 e. The Hall–Kier alpha value is -1.10. The second-order valence-corrected chi connectivity index (χ2v) is 4.65. The van der Waals surface area contributed by atoms with E-state index in [2.05, 4.69) is 5.10 Å². The molecule has 0 fully saturated rings. The van der Waals surface area contributed by atoms with Gasteiger partial charge in [0, 0.05) is 11.1 Å². The molecule has 0 radical (unpaired) electrons. The van der Waals surface area contributed by atoms with Gasteiger partial charge >= 0.3 is 0 Å². The third kappa shape index (κ3) is 2.35. The number of nitrogens with zero attached hydrogens (tertiary/aromatic N) is 2. The molecule has 0 bridgehead atoms. The quantitative estimate of drug-likeness (QED) is 0.841. The summed E-state index contributed by atoms with van der Waals surface area (Å²) < 4.78 is 1.15. The van der Waals surface area contributed by atoms with Gasteiger partial charge in [-0.15, -0.1) is 11.3 Å². The highest BCUT2D eigenvalue weighted by Crippen LogP contribution is 2.15. The van der Waals surface area contributed by atoms with Crippen LogP contribution in [-0.2, 0) is 0 Å². The second kappa shape index (κ2) is 4.82. The van der Waals surface area contributed by atoms with E-state index in [1.807, 2.05) is 17.5 Å². The van der Waals surface area contributed by atoms with Crippen LogP contribution in [0.1, 0.15) is 4.88 Å². The lowest BCUT2D eigenvalue weighted by Crippen LogP contribution is -2.18. The van der Waals surface area contributed by atoms with Crippen molar-refractivity contribution in [3.63, 3.8) is 0 Å². The highest BCUT2D eigenvalue weighted by molar-refractivity contribution is 7.10. The SMILES string of the molecule is O=c1c(Cl)c(Cl)cnn1/C=C/c1cccs1. The van der Waals surface area contributed by atoms with E-state index in [1.54, 1.807) is 23.6 Å². The third-order valence-corrected chi connectivity index (χ3v) is 3.41. The Morgan fingerprint density at radius 3 is 2.94 bits per heavy atom.